The van der Waals surface area contributed by atoms with Crippen LogP contribution in [0.4, 0.5) is 16.2 Å². The highest BCUT2D eigenvalue weighted by atomic mass is 16.7. The maximum absolute atomic E-state index is 12.5. The lowest BCUT2D eigenvalue weighted by atomic mass is 10.2. The van der Waals surface area contributed by atoms with Gasteiger partial charge in [-0.15, -0.1) is 0 Å². The van der Waals surface area contributed by atoms with Crippen LogP contribution in [0.2, 0.25) is 0 Å². The van der Waals surface area contributed by atoms with Crippen molar-refractivity contribution in [2.75, 3.05) is 23.8 Å². The second-order valence-corrected chi connectivity index (χ2v) is 7.16. The fraction of sp³-hybridized carbons (Fsp3) is 0.192. The molecule has 176 valence electrons. The molecule has 0 atom stereocenters. The molecule has 0 unspecified atom stereocenters. The predicted octanol–water partition coefficient (Wildman–Crippen LogP) is 5.27. The lowest BCUT2D eigenvalue weighted by Crippen LogP contribution is -2.14. The van der Waals surface area contributed by atoms with E-state index in [0.29, 0.717) is 36.4 Å². The molecule has 3 aromatic carbocycles. The SMILES string of the molecule is CCOC(=O)Oc1ccc(C(=O)Nc2cccc(NC(=O)CCCOc3ccccc3)c2)cc1. The van der Waals surface area contributed by atoms with Gasteiger partial charge in [-0.05, 0) is 67.9 Å². The molecule has 0 fully saturated rings. The molecule has 0 saturated carbocycles. The number of hydrogen-bond donors (Lipinski definition) is 2. The zero-order chi connectivity index (χ0) is 24.2. The fourth-order valence-corrected chi connectivity index (χ4v) is 2.96. The second kappa shape index (κ2) is 12.6. The van der Waals surface area contributed by atoms with Gasteiger partial charge in [0.05, 0.1) is 13.2 Å². The van der Waals surface area contributed by atoms with Crippen molar-refractivity contribution in [3.63, 3.8) is 0 Å². The highest BCUT2D eigenvalue weighted by Gasteiger charge is 2.10. The van der Waals surface area contributed by atoms with Crippen LogP contribution in [-0.4, -0.2) is 31.2 Å². The van der Waals surface area contributed by atoms with Gasteiger partial charge in [-0.25, -0.2) is 4.79 Å². The third-order valence-electron chi connectivity index (χ3n) is 4.54. The smallest absolute Gasteiger partial charge is 0.494 e. The minimum atomic E-state index is -0.803. The summed E-state index contributed by atoms with van der Waals surface area (Å²) in [5, 5.41) is 5.60. The number of ether oxygens (including phenoxy) is 3. The monoisotopic (exact) mass is 462 g/mol. The summed E-state index contributed by atoms with van der Waals surface area (Å²) in [7, 11) is 0. The first-order valence-electron chi connectivity index (χ1n) is 10.9. The number of anilines is 2. The summed E-state index contributed by atoms with van der Waals surface area (Å²) in [6.07, 6.45) is 0.0821. The predicted molar refractivity (Wildman–Crippen MR) is 128 cm³/mol. The number of carbonyl (C=O) groups is 3. The molecule has 0 aliphatic carbocycles. The van der Waals surface area contributed by atoms with Gasteiger partial charge in [-0.3, -0.25) is 9.59 Å². The van der Waals surface area contributed by atoms with Gasteiger partial charge in [0.1, 0.15) is 11.5 Å². The highest BCUT2D eigenvalue weighted by molar-refractivity contribution is 6.04. The summed E-state index contributed by atoms with van der Waals surface area (Å²) >= 11 is 0. The summed E-state index contributed by atoms with van der Waals surface area (Å²) in [6, 6.07) is 22.4. The summed E-state index contributed by atoms with van der Waals surface area (Å²) in [4.78, 5) is 36.1. The van der Waals surface area contributed by atoms with Crippen LogP contribution in [0.25, 0.3) is 0 Å². The number of para-hydroxylation sites is 1. The number of hydrogen-bond acceptors (Lipinski definition) is 6. The Kier molecular flexibility index (Phi) is 9.04. The number of nitrogens with one attached hydrogen (secondary N) is 2. The lowest BCUT2D eigenvalue weighted by Gasteiger charge is -2.10. The quantitative estimate of drug-likeness (QED) is 0.242. The minimum absolute atomic E-state index is 0.141. The van der Waals surface area contributed by atoms with Crippen LogP contribution in [-0.2, 0) is 9.53 Å². The average Bonchev–Trinajstić information content (AvgIpc) is 2.83. The Bertz CT molecular complexity index is 1100. The molecule has 34 heavy (non-hydrogen) atoms. The van der Waals surface area contributed by atoms with Gasteiger partial charge < -0.3 is 24.8 Å². The maximum atomic E-state index is 12.5. The molecule has 2 amide bonds. The van der Waals surface area contributed by atoms with Crippen LogP contribution in [0, 0.1) is 0 Å². The molecule has 8 nitrogen and oxygen atoms in total. The Balaban J connectivity index is 1.46. The zero-order valence-corrected chi connectivity index (χ0v) is 18.8. The molecule has 0 bridgehead atoms. The van der Waals surface area contributed by atoms with E-state index < -0.39 is 6.16 Å². The van der Waals surface area contributed by atoms with Crippen LogP contribution < -0.4 is 20.1 Å². The lowest BCUT2D eigenvalue weighted by molar-refractivity contribution is -0.116. The maximum Gasteiger partial charge on any atom is 0.513 e. The summed E-state index contributed by atoms with van der Waals surface area (Å²) in [6.45, 7) is 2.33. The van der Waals surface area contributed by atoms with Gasteiger partial charge in [-0.2, -0.15) is 0 Å². The Hall–Kier alpha value is -4.33. The molecule has 0 heterocycles. The van der Waals surface area contributed by atoms with Crippen molar-refractivity contribution in [1.82, 2.24) is 0 Å². The molecule has 2 N–H and O–H groups in total. The minimum Gasteiger partial charge on any atom is -0.494 e. The van der Waals surface area contributed by atoms with Crippen molar-refractivity contribution in [2.45, 2.75) is 19.8 Å². The van der Waals surface area contributed by atoms with Crippen molar-refractivity contribution in [2.24, 2.45) is 0 Å². The Morgan fingerprint density at radius 1 is 0.794 bits per heavy atom. The average molecular weight is 463 g/mol. The fourth-order valence-electron chi connectivity index (χ4n) is 2.96. The van der Waals surface area contributed by atoms with Gasteiger partial charge in [0.25, 0.3) is 5.91 Å². The molecular weight excluding hydrogens is 436 g/mol. The Morgan fingerprint density at radius 3 is 2.21 bits per heavy atom. The first-order valence-corrected chi connectivity index (χ1v) is 10.9. The van der Waals surface area contributed by atoms with E-state index >= 15 is 0 Å². The van der Waals surface area contributed by atoms with Crippen molar-refractivity contribution >= 4 is 29.3 Å². The van der Waals surface area contributed by atoms with Gasteiger partial charge in [0, 0.05) is 23.4 Å². The zero-order valence-electron chi connectivity index (χ0n) is 18.8. The number of carbonyl (C=O) groups excluding carboxylic acids is 3. The van der Waals surface area contributed by atoms with Crippen molar-refractivity contribution in [3.05, 3.63) is 84.4 Å². The standard InChI is InChI=1S/C26H26N2O6/c1-2-32-26(31)34-23-15-13-19(14-16-23)25(30)28-21-9-6-8-20(18-21)27-24(29)12-7-17-33-22-10-4-3-5-11-22/h3-6,8-11,13-16,18H,2,7,12,17H2,1H3,(H,27,29)(H,28,30). The second-order valence-electron chi connectivity index (χ2n) is 7.16. The molecule has 0 saturated heterocycles. The normalized spacial score (nSPS) is 10.1. The van der Waals surface area contributed by atoms with Gasteiger partial charge >= 0.3 is 6.16 Å². The highest BCUT2D eigenvalue weighted by Crippen LogP contribution is 2.18. The summed E-state index contributed by atoms with van der Waals surface area (Å²) in [5.74, 6) is 0.558. The van der Waals surface area contributed by atoms with Crippen LogP contribution >= 0.6 is 0 Å². The molecule has 3 rings (SSSR count). The van der Waals surface area contributed by atoms with Gasteiger partial charge in [0.2, 0.25) is 5.91 Å². The summed E-state index contributed by atoms with van der Waals surface area (Å²) < 4.78 is 15.3. The van der Waals surface area contributed by atoms with Crippen molar-refractivity contribution in [1.29, 1.82) is 0 Å². The molecule has 0 aliphatic heterocycles. The van der Waals surface area contributed by atoms with E-state index in [1.165, 1.54) is 24.3 Å². The van der Waals surface area contributed by atoms with Crippen molar-refractivity contribution < 1.29 is 28.6 Å². The first kappa shape index (κ1) is 24.3. The van der Waals surface area contributed by atoms with Gasteiger partial charge in [-0.1, -0.05) is 24.3 Å². The third kappa shape index (κ3) is 7.98. The largest absolute Gasteiger partial charge is 0.513 e. The molecule has 0 spiro atoms. The number of amides is 2. The first-order chi connectivity index (χ1) is 16.5. The van der Waals surface area contributed by atoms with Gasteiger partial charge in [0.15, 0.2) is 0 Å². The van der Waals surface area contributed by atoms with E-state index in [4.69, 9.17) is 14.2 Å². The van der Waals surface area contributed by atoms with E-state index in [1.807, 2.05) is 30.3 Å². The molecule has 0 aliphatic rings. The Morgan fingerprint density at radius 2 is 1.50 bits per heavy atom. The van der Waals surface area contributed by atoms with E-state index in [2.05, 4.69) is 10.6 Å². The molecule has 0 radical (unpaired) electrons. The van der Waals surface area contributed by atoms with E-state index in [9.17, 15) is 14.4 Å². The summed E-state index contributed by atoms with van der Waals surface area (Å²) in [5.41, 5.74) is 1.48. The number of rotatable bonds is 10. The molecular formula is C26H26N2O6. The van der Waals surface area contributed by atoms with Crippen LogP contribution in [0.15, 0.2) is 78.9 Å². The number of benzene rings is 3. The van der Waals surface area contributed by atoms with Crippen LogP contribution in [0.5, 0.6) is 11.5 Å². The van der Waals surface area contributed by atoms with E-state index in [1.54, 1.807) is 31.2 Å². The molecule has 3 aromatic rings. The van der Waals surface area contributed by atoms with E-state index in [0.717, 1.165) is 5.75 Å². The molecule has 8 heteroatoms. The van der Waals surface area contributed by atoms with Crippen LogP contribution in [0.1, 0.15) is 30.1 Å². The Labute approximate surface area is 197 Å². The topological polar surface area (TPSA) is 103 Å². The molecule has 0 aromatic heterocycles. The van der Waals surface area contributed by atoms with E-state index in [-0.39, 0.29) is 24.2 Å². The van der Waals surface area contributed by atoms with Crippen LogP contribution in [0.3, 0.4) is 0 Å². The third-order valence-corrected chi connectivity index (χ3v) is 4.54. The van der Waals surface area contributed by atoms with Crippen molar-refractivity contribution in [3.8, 4) is 11.5 Å².